The van der Waals surface area contributed by atoms with E-state index in [4.69, 9.17) is 4.74 Å². The van der Waals surface area contributed by atoms with Crippen molar-refractivity contribution in [3.05, 3.63) is 0 Å². The summed E-state index contributed by atoms with van der Waals surface area (Å²) >= 11 is 3.24. The molecule has 2 rings (SSSR count). The number of ether oxygens (including phenoxy) is 1. The molecule has 2 aliphatic heterocycles. The Hall–Kier alpha value is -0.950. The number of Topliss-reactive ketones (excluding diaryl/α,β-unsaturated/α-hetero) is 2. The number of piperidine rings is 2. The molecule has 22 heavy (non-hydrogen) atoms. The highest BCUT2D eigenvalue weighted by molar-refractivity contribution is 9.10. The largest absolute Gasteiger partial charge is 0.444 e. The Morgan fingerprint density at radius 3 is 2.23 bits per heavy atom. The third-order valence-corrected chi connectivity index (χ3v) is 4.03. The molecule has 1 amide bonds. The summed E-state index contributed by atoms with van der Waals surface area (Å²) in [5, 5.41) is 3.10. The molecule has 0 aromatic carbocycles. The quantitative estimate of drug-likeness (QED) is 0.653. The third-order valence-electron chi connectivity index (χ3n) is 3.19. The van der Waals surface area contributed by atoms with E-state index in [-0.39, 0.29) is 16.7 Å². The molecule has 0 saturated carbocycles. The van der Waals surface area contributed by atoms with Crippen molar-refractivity contribution in [2.45, 2.75) is 50.5 Å². The first-order valence-electron chi connectivity index (χ1n) is 7.56. The van der Waals surface area contributed by atoms with Crippen LogP contribution >= 0.6 is 15.9 Å². The molecule has 2 aliphatic rings. The zero-order valence-electron chi connectivity index (χ0n) is 13.5. The molecule has 2 fully saturated rings. The minimum Gasteiger partial charge on any atom is -0.444 e. The van der Waals surface area contributed by atoms with Crippen LogP contribution in [0.3, 0.4) is 0 Å². The molecule has 0 bridgehead atoms. The van der Waals surface area contributed by atoms with Crippen LogP contribution in [0.25, 0.3) is 0 Å². The Morgan fingerprint density at radius 2 is 1.82 bits per heavy atom. The molecular weight excluding hydrogens is 352 g/mol. The number of nitrogens with one attached hydrogen (secondary N) is 1. The molecule has 1 atom stereocenters. The van der Waals surface area contributed by atoms with Crippen molar-refractivity contribution in [3.63, 3.8) is 0 Å². The van der Waals surface area contributed by atoms with Crippen LogP contribution < -0.4 is 5.32 Å². The molecule has 7 heteroatoms. The van der Waals surface area contributed by atoms with E-state index in [1.54, 1.807) is 4.90 Å². The number of nitrogens with zero attached hydrogens (tertiary/aromatic N) is 1. The van der Waals surface area contributed by atoms with E-state index >= 15 is 0 Å². The molecule has 126 valence electrons. The van der Waals surface area contributed by atoms with E-state index in [9.17, 15) is 14.4 Å². The summed E-state index contributed by atoms with van der Waals surface area (Å²) in [5.41, 5.74) is -0.460. The standard InChI is InChI=1S/C10H17NO3.C5H8BrNO/c1-10(2,3)14-9(13)11-6-4-8(12)5-7-11;6-4-3-7-2-1-5(4)8/h4-7H2,1-3H3;4,7H,1-3H2. The maximum absolute atomic E-state index is 11.5. The van der Waals surface area contributed by atoms with E-state index in [0.29, 0.717) is 38.1 Å². The number of amides is 1. The molecule has 0 aliphatic carbocycles. The van der Waals surface area contributed by atoms with Gasteiger partial charge >= 0.3 is 6.09 Å². The lowest BCUT2D eigenvalue weighted by molar-refractivity contribution is -0.121. The van der Waals surface area contributed by atoms with Crippen molar-refractivity contribution in [2.75, 3.05) is 26.2 Å². The fraction of sp³-hybridized carbons (Fsp3) is 0.800. The smallest absolute Gasteiger partial charge is 0.410 e. The van der Waals surface area contributed by atoms with Crippen LogP contribution in [0.4, 0.5) is 4.79 Å². The first-order valence-corrected chi connectivity index (χ1v) is 8.48. The monoisotopic (exact) mass is 376 g/mol. The summed E-state index contributed by atoms with van der Waals surface area (Å²) < 4.78 is 5.19. The summed E-state index contributed by atoms with van der Waals surface area (Å²) in [6, 6.07) is 0. The summed E-state index contributed by atoms with van der Waals surface area (Å²) in [7, 11) is 0. The number of carbonyl (C=O) groups excluding carboxylic acids is 3. The number of rotatable bonds is 0. The lowest BCUT2D eigenvalue weighted by Gasteiger charge is -2.29. The number of likely N-dealkylation sites (tertiary alicyclic amines) is 1. The normalized spacial score (nSPS) is 22.7. The molecule has 0 aromatic rings. The molecule has 0 radical (unpaired) electrons. The van der Waals surface area contributed by atoms with Crippen LogP contribution in [0.2, 0.25) is 0 Å². The fourth-order valence-corrected chi connectivity index (χ4v) is 2.43. The average Bonchev–Trinajstić information content (AvgIpc) is 2.42. The highest BCUT2D eigenvalue weighted by Gasteiger charge is 2.25. The maximum atomic E-state index is 11.5. The molecule has 1 unspecified atom stereocenters. The van der Waals surface area contributed by atoms with Crippen molar-refractivity contribution in [1.82, 2.24) is 10.2 Å². The Balaban J connectivity index is 0.000000255. The van der Waals surface area contributed by atoms with Crippen LogP contribution in [0, 0.1) is 0 Å². The number of hydrogen-bond donors (Lipinski definition) is 1. The first-order chi connectivity index (χ1) is 10.2. The second-order valence-corrected chi connectivity index (χ2v) is 7.50. The second-order valence-electron chi connectivity index (χ2n) is 6.39. The van der Waals surface area contributed by atoms with Crippen molar-refractivity contribution in [1.29, 1.82) is 0 Å². The van der Waals surface area contributed by atoms with Gasteiger partial charge in [-0.3, -0.25) is 9.59 Å². The lowest BCUT2D eigenvalue weighted by Crippen LogP contribution is -2.41. The van der Waals surface area contributed by atoms with Crippen LogP contribution in [-0.4, -0.2) is 59.2 Å². The van der Waals surface area contributed by atoms with Gasteiger partial charge in [0, 0.05) is 45.4 Å². The van der Waals surface area contributed by atoms with Crippen LogP contribution in [0.1, 0.15) is 40.0 Å². The Bertz CT molecular complexity index is 410. The second kappa shape index (κ2) is 8.62. The van der Waals surface area contributed by atoms with Gasteiger partial charge in [0.15, 0.2) is 0 Å². The number of alkyl halides is 1. The van der Waals surface area contributed by atoms with Crippen LogP contribution in [0.5, 0.6) is 0 Å². The Labute approximate surface area is 140 Å². The molecule has 6 nitrogen and oxygen atoms in total. The van der Waals surface area contributed by atoms with E-state index in [1.165, 1.54) is 0 Å². The van der Waals surface area contributed by atoms with Crippen molar-refractivity contribution in [2.24, 2.45) is 0 Å². The highest BCUT2D eigenvalue weighted by atomic mass is 79.9. The van der Waals surface area contributed by atoms with Gasteiger partial charge in [-0.05, 0) is 20.8 Å². The molecule has 1 N–H and O–H groups in total. The van der Waals surface area contributed by atoms with Gasteiger partial charge in [-0.2, -0.15) is 0 Å². The number of halogens is 1. The number of hydrogen-bond acceptors (Lipinski definition) is 5. The predicted octanol–water partition coefficient (Wildman–Crippen LogP) is 1.90. The van der Waals surface area contributed by atoms with Gasteiger partial charge in [-0.25, -0.2) is 4.79 Å². The van der Waals surface area contributed by atoms with E-state index < -0.39 is 5.60 Å². The Morgan fingerprint density at radius 1 is 1.23 bits per heavy atom. The third kappa shape index (κ3) is 7.35. The molecular formula is C15H25BrN2O4. The summed E-state index contributed by atoms with van der Waals surface area (Å²) in [5.74, 6) is 0.550. The lowest BCUT2D eigenvalue weighted by atomic mass is 10.1. The van der Waals surface area contributed by atoms with Crippen LogP contribution in [-0.2, 0) is 14.3 Å². The predicted molar refractivity (Wildman–Crippen MR) is 87.3 cm³/mol. The van der Waals surface area contributed by atoms with Gasteiger partial charge in [-0.1, -0.05) is 15.9 Å². The van der Waals surface area contributed by atoms with Gasteiger partial charge in [0.1, 0.15) is 17.2 Å². The maximum Gasteiger partial charge on any atom is 0.410 e. The van der Waals surface area contributed by atoms with E-state index in [1.807, 2.05) is 20.8 Å². The van der Waals surface area contributed by atoms with Gasteiger partial charge in [-0.15, -0.1) is 0 Å². The fourth-order valence-electron chi connectivity index (χ4n) is 1.98. The molecule has 2 heterocycles. The minimum absolute atomic E-state index is 0.0660. The van der Waals surface area contributed by atoms with Crippen molar-refractivity contribution >= 4 is 33.6 Å². The zero-order valence-corrected chi connectivity index (χ0v) is 15.1. The highest BCUT2D eigenvalue weighted by Crippen LogP contribution is 2.13. The van der Waals surface area contributed by atoms with Crippen LogP contribution in [0.15, 0.2) is 0 Å². The molecule has 0 spiro atoms. The Kier molecular flexibility index (Phi) is 7.48. The summed E-state index contributed by atoms with van der Waals surface area (Å²) in [4.78, 5) is 34.8. The topological polar surface area (TPSA) is 75.7 Å². The average molecular weight is 377 g/mol. The summed E-state index contributed by atoms with van der Waals surface area (Å²) in [6.45, 7) is 8.13. The SMILES string of the molecule is CC(C)(C)OC(=O)N1CCC(=O)CC1.O=C1CCNCC1Br. The first kappa shape index (κ1) is 19.1. The number of ketones is 2. The van der Waals surface area contributed by atoms with Crippen molar-refractivity contribution < 1.29 is 19.1 Å². The zero-order chi connectivity index (χ0) is 16.8. The van der Waals surface area contributed by atoms with E-state index in [2.05, 4.69) is 21.2 Å². The molecule has 2 saturated heterocycles. The summed E-state index contributed by atoms with van der Waals surface area (Å²) in [6.07, 6.45) is 1.28. The van der Waals surface area contributed by atoms with E-state index in [0.717, 1.165) is 13.1 Å². The van der Waals surface area contributed by atoms with Gasteiger partial charge < -0.3 is 15.0 Å². The molecule has 0 aromatic heterocycles. The van der Waals surface area contributed by atoms with Gasteiger partial charge in [0.2, 0.25) is 0 Å². The van der Waals surface area contributed by atoms with Gasteiger partial charge in [0.25, 0.3) is 0 Å². The number of carbonyl (C=O) groups is 3. The van der Waals surface area contributed by atoms with Gasteiger partial charge in [0.05, 0.1) is 4.83 Å². The van der Waals surface area contributed by atoms with Crippen molar-refractivity contribution in [3.8, 4) is 0 Å². The minimum atomic E-state index is -0.460.